The molecule has 0 aliphatic rings. The summed E-state index contributed by atoms with van der Waals surface area (Å²) in [6, 6.07) is 16.6. The van der Waals surface area contributed by atoms with Crippen molar-refractivity contribution < 1.29 is 4.79 Å². The molecule has 0 saturated carbocycles. The number of nitrogens with zero attached hydrogens (tertiary/aromatic N) is 1. The normalized spacial score (nSPS) is 11.5. The monoisotopic (exact) mass is 360 g/mol. The molecule has 2 rings (SSSR count). The summed E-state index contributed by atoms with van der Waals surface area (Å²) >= 11 is 0. The van der Waals surface area contributed by atoms with Gasteiger partial charge in [0.05, 0.1) is 0 Å². The van der Waals surface area contributed by atoms with E-state index in [0.717, 1.165) is 24.1 Å². The quantitative estimate of drug-likeness (QED) is 0.743. The Morgan fingerprint density at radius 3 is 2.36 bits per heavy atom. The summed E-state index contributed by atoms with van der Waals surface area (Å²) in [5.41, 5.74) is 10.3. The number of amides is 1. The molecule has 2 aromatic carbocycles. The van der Waals surface area contributed by atoms with Crippen molar-refractivity contribution in [1.82, 2.24) is 4.90 Å². The molecule has 0 radical (unpaired) electrons. The molecule has 1 amide bonds. The summed E-state index contributed by atoms with van der Waals surface area (Å²) in [5, 5.41) is 0. The molecule has 2 N–H and O–H groups in total. The van der Waals surface area contributed by atoms with Gasteiger partial charge < -0.3 is 10.6 Å². The number of carbonyl (C=O) groups excluding carboxylic acids is 1. The average Bonchev–Trinajstić information content (AvgIpc) is 2.59. The molecule has 2 aromatic rings. The van der Waals surface area contributed by atoms with Gasteiger partial charge in [0.2, 0.25) is 5.91 Å². The van der Waals surface area contributed by atoms with Crippen molar-refractivity contribution in [1.29, 1.82) is 0 Å². The number of nitrogen functional groups attached to an aromatic ring is 1. The van der Waals surface area contributed by atoms with E-state index in [0.29, 0.717) is 12.8 Å². The average molecular weight is 361 g/mol. The van der Waals surface area contributed by atoms with Crippen LogP contribution in [0.2, 0.25) is 0 Å². The van der Waals surface area contributed by atoms with Crippen molar-refractivity contribution >= 4 is 24.0 Å². The Kier molecular flexibility index (Phi) is 8.50. The van der Waals surface area contributed by atoms with E-state index >= 15 is 0 Å². The lowest BCUT2D eigenvalue weighted by molar-refractivity contribution is -0.132. The van der Waals surface area contributed by atoms with Crippen molar-refractivity contribution in [3.63, 3.8) is 0 Å². The molecule has 0 aromatic heterocycles. The van der Waals surface area contributed by atoms with Gasteiger partial charge in [0.15, 0.2) is 0 Å². The third kappa shape index (κ3) is 6.09. The first kappa shape index (κ1) is 21.0. The van der Waals surface area contributed by atoms with E-state index in [4.69, 9.17) is 5.73 Å². The first-order chi connectivity index (χ1) is 11.5. The van der Waals surface area contributed by atoms with Gasteiger partial charge in [-0.25, -0.2) is 0 Å². The summed E-state index contributed by atoms with van der Waals surface area (Å²) in [6.07, 6.45) is 3.03. The molecule has 0 bridgehead atoms. The van der Waals surface area contributed by atoms with E-state index < -0.39 is 0 Å². The van der Waals surface area contributed by atoms with Crippen LogP contribution in [-0.4, -0.2) is 23.9 Å². The van der Waals surface area contributed by atoms with Gasteiger partial charge in [0.25, 0.3) is 0 Å². The van der Waals surface area contributed by atoms with Gasteiger partial charge in [-0.15, -0.1) is 12.4 Å². The fraction of sp³-hybridized carbons (Fsp3) is 0.381. The number of nitrogens with two attached hydrogens (primary N) is 1. The minimum atomic E-state index is 0. The zero-order valence-electron chi connectivity index (χ0n) is 15.4. The molecule has 0 aliphatic carbocycles. The Hall–Kier alpha value is -2.00. The lowest BCUT2D eigenvalue weighted by Gasteiger charge is -2.28. The lowest BCUT2D eigenvalue weighted by atomic mass is 10.0. The molecule has 136 valence electrons. The summed E-state index contributed by atoms with van der Waals surface area (Å²) in [6.45, 7) is 4.23. The van der Waals surface area contributed by atoms with Crippen LogP contribution in [0, 0.1) is 6.92 Å². The predicted molar refractivity (Wildman–Crippen MR) is 108 cm³/mol. The van der Waals surface area contributed by atoms with Crippen LogP contribution in [0.4, 0.5) is 5.69 Å². The number of benzene rings is 2. The Morgan fingerprint density at radius 1 is 1.12 bits per heavy atom. The van der Waals surface area contributed by atoms with Crippen LogP contribution in [-0.2, 0) is 17.6 Å². The highest BCUT2D eigenvalue weighted by molar-refractivity contribution is 5.85. The van der Waals surface area contributed by atoms with E-state index in [1.165, 1.54) is 11.1 Å². The Morgan fingerprint density at radius 2 is 1.76 bits per heavy atom. The maximum atomic E-state index is 12.6. The molecule has 25 heavy (non-hydrogen) atoms. The summed E-state index contributed by atoms with van der Waals surface area (Å²) in [5.74, 6) is 0.178. The standard InChI is InChI=1S/C21H28N2O.ClH/c1-4-19(15-17-11-9-16(2)10-12-17)23(3)21(24)14-13-18-7-5-6-8-20(18)22;/h5-12,19H,4,13-15,22H2,1-3H3;1H. The predicted octanol–water partition coefficient (Wildman–Crippen LogP) is 4.41. The first-order valence-corrected chi connectivity index (χ1v) is 8.65. The molecule has 0 saturated heterocycles. The van der Waals surface area contributed by atoms with Crippen molar-refractivity contribution in [2.75, 3.05) is 12.8 Å². The highest BCUT2D eigenvalue weighted by atomic mass is 35.5. The number of halogens is 1. The van der Waals surface area contributed by atoms with E-state index in [1.807, 2.05) is 36.2 Å². The maximum Gasteiger partial charge on any atom is 0.222 e. The summed E-state index contributed by atoms with van der Waals surface area (Å²) < 4.78 is 0. The Balaban J connectivity index is 0.00000312. The number of carbonyl (C=O) groups is 1. The number of hydrogen-bond donors (Lipinski definition) is 1. The van der Waals surface area contributed by atoms with Gasteiger partial charge >= 0.3 is 0 Å². The molecule has 1 atom stereocenters. The largest absolute Gasteiger partial charge is 0.399 e. The van der Waals surface area contributed by atoms with E-state index in [-0.39, 0.29) is 24.4 Å². The minimum absolute atomic E-state index is 0. The maximum absolute atomic E-state index is 12.6. The summed E-state index contributed by atoms with van der Waals surface area (Å²) in [7, 11) is 1.92. The zero-order chi connectivity index (χ0) is 17.5. The van der Waals surface area contributed by atoms with Gasteiger partial charge in [-0.05, 0) is 43.4 Å². The van der Waals surface area contributed by atoms with E-state index in [1.54, 1.807) is 0 Å². The number of rotatable bonds is 7. The molecule has 0 aliphatic heterocycles. The number of hydrogen-bond acceptors (Lipinski definition) is 2. The van der Waals surface area contributed by atoms with E-state index in [9.17, 15) is 4.79 Å². The van der Waals surface area contributed by atoms with Crippen LogP contribution < -0.4 is 5.73 Å². The van der Waals surface area contributed by atoms with Crippen LogP contribution in [0.5, 0.6) is 0 Å². The fourth-order valence-corrected chi connectivity index (χ4v) is 2.93. The number of aryl methyl sites for hydroxylation is 2. The first-order valence-electron chi connectivity index (χ1n) is 8.65. The second-order valence-electron chi connectivity index (χ2n) is 6.46. The van der Waals surface area contributed by atoms with Crippen LogP contribution in [0.25, 0.3) is 0 Å². The molecule has 0 heterocycles. The van der Waals surface area contributed by atoms with Crippen molar-refractivity contribution in [3.05, 3.63) is 65.2 Å². The second kappa shape index (κ2) is 10.1. The van der Waals surface area contributed by atoms with Crippen molar-refractivity contribution in [3.8, 4) is 0 Å². The number of para-hydroxylation sites is 1. The number of likely N-dealkylation sites (N-methyl/N-ethyl adjacent to an activating group) is 1. The van der Waals surface area contributed by atoms with E-state index in [2.05, 4.69) is 38.1 Å². The lowest BCUT2D eigenvalue weighted by Crippen LogP contribution is -2.38. The van der Waals surface area contributed by atoms with Gasteiger partial charge in [0.1, 0.15) is 0 Å². The third-order valence-corrected chi connectivity index (χ3v) is 4.67. The fourth-order valence-electron chi connectivity index (χ4n) is 2.93. The highest BCUT2D eigenvalue weighted by Crippen LogP contribution is 2.16. The molecule has 0 spiro atoms. The molecular formula is C21H29ClN2O. The van der Waals surface area contributed by atoms with Gasteiger partial charge in [-0.3, -0.25) is 4.79 Å². The van der Waals surface area contributed by atoms with Crippen molar-refractivity contribution in [2.24, 2.45) is 0 Å². The number of anilines is 1. The molecule has 1 unspecified atom stereocenters. The van der Waals surface area contributed by atoms with Gasteiger partial charge in [-0.2, -0.15) is 0 Å². The zero-order valence-corrected chi connectivity index (χ0v) is 16.2. The van der Waals surface area contributed by atoms with Crippen LogP contribution >= 0.6 is 12.4 Å². The minimum Gasteiger partial charge on any atom is -0.399 e. The van der Waals surface area contributed by atoms with Crippen LogP contribution in [0.15, 0.2) is 48.5 Å². The van der Waals surface area contributed by atoms with Crippen LogP contribution in [0.3, 0.4) is 0 Å². The second-order valence-corrected chi connectivity index (χ2v) is 6.46. The summed E-state index contributed by atoms with van der Waals surface area (Å²) in [4.78, 5) is 14.5. The Labute approximate surface area is 157 Å². The van der Waals surface area contributed by atoms with Gasteiger partial charge in [-0.1, -0.05) is 55.0 Å². The van der Waals surface area contributed by atoms with Crippen LogP contribution in [0.1, 0.15) is 36.5 Å². The smallest absolute Gasteiger partial charge is 0.222 e. The molecule has 3 nitrogen and oxygen atoms in total. The molecule has 4 heteroatoms. The topological polar surface area (TPSA) is 46.3 Å². The molecule has 0 fully saturated rings. The highest BCUT2D eigenvalue weighted by Gasteiger charge is 2.18. The Bertz CT molecular complexity index is 670. The van der Waals surface area contributed by atoms with Crippen molar-refractivity contribution in [2.45, 2.75) is 45.6 Å². The molecular weight excluding hydrogens is 332 g/mol. The third-order valence-electron chi connectivity index (χ3n) is 4.67. The van der Waals surface area contributed by atoms with Gasteiger partial charge in [0, 0.05) is 25.2 Å². The SMILES string of the molecule is CCC(Cc1ccc(C)cc1)N(C)C(=O)CCc1ccccc1N.Cl.